The number of fused-ring (bicyclic) bond motifs is 1. The van der Waals surface area contributed by atoms with Crippen LogP contribution in [0, 0.1) is 6.92 Å². The highest BCUT2D eigenvalue weighted by molar-refractivity contribution is 7.99. The number of nitrogens with zero attached hydrogens (tertiary/aromatic N) is 2. The lowest BCUT2D eigenvalue weighted by Gasteiger charge is -2.15. The minimum atomic E-state index is -0.930. The Balaban J connectivity index is 2.58. The van der Waals surface area contributed by atoms with E-state index in [2.05, 4.69) is 4.98 Å². The Labute approximate surface area is 126 Å². The summed E-state index contributed by atoms with van der Waals surface area (Å²) in [6.45, 7) is 3.64. The summed E-state index contributed by atoms with van der Waals surface area (Å²) >= 11 is 1.09. The Morgan fingerprint density at radius 3 is 2.81 bits per heavy atom. The molecule has 0 aliphatic carbocycles. The lowest BCUT2D eigenvalue weighted by Crippen LogP contribution is -2.19. The summed E-state index contributed by atoms with van der Waals surface area (Å²) < 4.78 is 6.53. The third-order valence-electron chi connectivity index (χ3n) is 3.13. The zero-order valence-corrected chi connectivity index (χ0v) is 12.8. The molecule has 2 rings (SSSR count). The molecule has 0 saturated heterocycles. The summed E-state index contributed by atoms with van der Waals surface area (Å²) in [6.07, 6.45) is 0. The van der Waals surface area contributed by atoms with Crippen LogP contribution in [-0.4, -0.2) is 39.5 Å². The molecule has 1 N–H and O–H groups in total. The van der Waals surface area contributed by atoms with E-state index in [-0.39, 0.29) is 5.75 Å². The van der Waals surface area contributed by atoms with Crippen LogP contribution in [0.3, 0.4) is 0 Å². The first-order valence-electron chi connectivity index (χ1n) is 6.35. The van der Waals surface area contributed by atoms with E-state index in [4.69, 9.17) is 9.84 Å². The second kappa shape index (κ2) is 6.17. The van der Waals surface area contributed by atoms with Crippen molar-refractivity contribution in [2.75, 3.05) is 12.9 Å². The van der Waals surface area contributed by atoms with Gasteiger partial charge < -0.3 is 14.4 Å². The second-order valence-corrected chi connectivity index (χ2v) is 5.53. The van der Waals surface area contributed by atoms with E-state index in [0.29, 0.717) is 5.16 Å². The monoisotopic (exact) mass is 308 g/mol. The van der Waals surface area contributed by atoms with Crippen molar-refractivity contribution in [2.45, 2.75) is 25.0 Å². The minimum absolute atomic E-state index is 0.115. The van der Waals surface area contributed by atoms with Gasteiger partial charge >= 0.3 is 11.9 Å². The molecule has 1 aromatic carbocycles. The molecule has 2 aromatic rings. The van der Waals surface area contributed by atoms with Crippen LogP contribution in [0.25, 0.3) is 11.0 Å². The number of aromatic nitrogens is 2. The van der Waals surface area contributed by atoms with Gasteiger partial charge in [0.1, 0.15) is 6.04 Å². The Morgan fingerprint density at radius 2 is 2.19 bits per heavy atom. The molecule has 1 atom stereocenters. The van der Waals surface area contributed by atoms with E-state index < -0.39 is 18.0 Å². The number of esters is 1. The molecule has 21 heavy (non-hydrogen) atoms. The molecule has 0 aliphatic heterocycles. The number of carbonyl (C=O) groups excluding carboxylic acids is 1. The molecule has 1 aromatic heterocycles. The number of aliphatic carboxylic acids is 1. The number of rotatable bonds is 5. The quantitative estimate of drug-likeness (QED) is 0.674. The topological polar surface area (TPSA) is 81.4 Å². The number of hydrogen-bond acceptors (Lipinski definition) is 5. The molecule has 0 bridgehead atoms. The Hall–Kier alpha value is -2.02. The molecule has 0 amide bonds. The summed E-state index contributed by atoms with van der Waals surface area (Å²) in [5, 5.41) is 9.34. The van der Waals surface area contributed by atoms with Gasteiger partial charge in [0.05, 0.1) is 23.9 Å². The van der Waals surface area contributed by atoms with E-state index >= 15 is 0 Å². The zero-order valence-electron chi connectivity index (χ0n) is 12.0. The number of carbonyl (C=O) groups is 2. The number of carboxylic acids is 1. The molecule has 0 aliphatic rings. The van der Waals surface area contributed by atoms with Gasteiger partial charge in [0, 0.05) is 0 Å². The number of aryl methyl sites for hydroxylation is 1. The number of thioether (sulfide) groups is 1. The highest BCUT2D eigenvalue weighted by atomic mass is 32.2. The number of para-hydroxylation sites is 1. The van der Waals surface area contributed by atoms with E-state index in [1.165, 1.54) is 7.11 Å². The first-order chi connectivity index (χ1) is 9.95. The normalized spacial score (nSPS) is 12.3. The standard InChI is InChI=1S/C14H16N2O4S/c1-8-5-4-6-10-12(8)16(9(2)13(19)20-3)14(15-10)21-7-11(17)18/h4-6,9H,7H2,1-3H3,(H,17,18). The zero-order chi connectivity index (χ0) is 15.6. The predicted octanol–water partition coefficient (Wildman–Crippen LogP) is 2.26. The molecular weight excluding hydrogens is 292 g/mol. The summed E-state index contributed by atoms with van der Waals surface area (Å²) in [6, 6.07) is 5.07. The van der Waals surface area contributed by atoms with Crippen molar-refractivity contribution in [3.63, 3.8) is 0 Å². The van der Waals surface area contributed by atoms with Crippen molar-refractivity contribution < 1.29 is 19.4 Å². The number of methoxy groups -OCH3 is 1. The smallest absolute Gasteiger partial charge is 0.328 e. The largest absolute Gasteiger partial charge is 0.481 e. The van der Waals surface area contributed by atoms with Crippen LogP contribution in [0.15, 0.2) is 23.4 Å². The summed E-state index contributed by atoms with van der Waals surface area (Å²) in [7, 11) is 1.33. The number of imidazole rings is 1. The van der Waals surface area contributed by atoms with Crippen molar-refractivity contribution in [1.82, 2.24) is 9.55 Å². The minimum Gasteiger partial charge on any atom is -0.481 e. The van der Waals surface area contributed by atoms with Crippen LogP contribution in [0.4, 0.5) is 0 Å². The average Bonchev–Trinajstić information content (AvgIpc) is 2.83. The highest BCUT2D eigenvalue weighted by Gasteiger charge is 2.23. The van der Waals surface area contributed by atoms with Gasteiger partial charge in [-0.2, -0.15) is 0 Å². The van der Waals surface area contributed by atoms with Crippen LogP contribution in [0.2, 0.25) is 0 Å². The van der Waals surface area contributed by atoms with Crippen LogP contribution in [-0.2, 0) is 14.3 Å². The van der Waals surface area contributed by atoms with Crippen LogP contribution in [0.1, 0.15) is 18.5 Å². The van der Waals surface area contributed by atoms with E-state index in [9.17, 15) is 9.59 Å². The Morgan fingerprint density at radius 1 is 1.48 bits per heavy atom. The number of ether oxygens (including phenoxy) is 1. The van der Waals surface area contributed by atoms with Gasteiger partial charge in [-0.25, -0.2) is 9.78 Å². The van der Waals surface area contributed by atoms with E-state index in [1.54, 1.807) is 11.5 Å². The van der Waals surface area contributed by atoms with Crippen molar-refractivity contribution in [3.8, 4) is 0 Å². The van der Waals surface area contributed by atoms with Crippen molar-refractivity contribution >= 4 is 34.7 Å². The third kappa shape index (κ3) is 3.02. The second-order valence-electron chi connectivity index (χ2n) is 4.59. The lowest BCUT2D eigenvalue weighted by molar-refractivity contribution is -0.144. The number of hydrogen-bond donors (Lipinski definition) is 1. The lowest BCUT2D eigenvalue weighted by atomic mass is 10.2. The van der Waals surface area contributed by atoms with Gasteiger partial charge in [-0.15, -0.1) is 0 Å². The summed E-state index contributed by atoms with van der Waals surface area (Å²) in [5.41, 5.74) is 2.53. The van der Waals surface area contributed by atoms with Crippen molar-refractivity contribution in [3.05, 3.63) is 23.8 Å². The molecule has 112 valence electrons. The van der Waals surface area contributed by atoms with Crippen molar-refractivity contribution in [2.24, 2.45) is 0 Å². The number of benzene rings is 1. The van der Waals surface area contributed by atoms with E-state index in [1.807, 2.05) is 25.1 Å². The SMILES string of the molecule is COC(=O)C(C)n1c(SCC(=O)O)nc2cccc(C)c21. The van der Waals surface area contributed by atoms with Gasteiger partial charge in [-0.05, 0) is 25.5 Å². The van der Waals surface area contributed by atoms with Gasteiger partial charge in [-0.1, -0.05) is 23.9 Å². The van der Waals surface area contributed by atoms with E-state index in [0.717, 1.165) is 28.4 Å². The highest BCUT2D eigenvalue weighted by Crippen LogP contribution is 2.30. The summed E-state index contributed by atoms with van der Waals surface area (Å²) in [4.78, 5) is 27.1. The molecule has 7 heteroatoms. The van der Waals surface area contributed by atoms with Gasteiger partial charge in [0.15, 0.2) is 5.16 Å². The fourth-order valence-electron chi connectivity index (χ4n) is 2.16. The molecular formula is C14H16N2O4S. The molecule has 6 nitrogen and oxygen atoms in total. The van der Waals surface area contributed by atoms with Gasteiger partial charge in [-0.3, -0.25) is 4.79 Å². The molecule has 0 fully saturated rings. The third-order valence-corrected chi connectivity index (χ3v) is 4.07. The Bertz CT molecular complexity index is 696. The number of carboxylic acid groups (broad SMARTS) is 1. The maximum Gasteiger partial charge on any atom is 0.328 e. The van der Waals surface area contributed by atoms with Crippen LogP contribution < -0.4 is 0 Å². The molecule has 0 saturated carbocycles. The predicted molar refractivity (Wildman–Crippen MR) is 79.6 cm³/mol. The molecule has 1 heterocycles. The molecule has 0 spiro atoms. The summed E-state index contributed by atoms with van der Waals surface area (Å²) in [5.74, 6) is -1.44. The fraction of sp³-hybridized carbons (Fsp3) is 0.357. The molecule has 1 unspecified atom stereocenters. The Kier molecular flexibility index (Phi) is 4.52. The maximum atomic E-state index is 11.9. The first kappa shape index (κ1) is 15.4. The first-order valence-corrected chi connectivity index (χ1v) is 7.34. The fourth-order valence-corrected chi connectivity index (χ4v) is 2.97. The maximum absolute atomic E-state index is 11.9. The van der Waals surface area contributed by atoms with Crippen molar-refractivity contribution in [1.29, 1.82) is 0 Å². The van der Waals surface area contributed by atoms with Gasteiger partial charge in [0.2, 0.25) is 0 Å². The average molecular weight is 308 g/mol. The van der Waals surface area contributed by atoms with Crippen LogP contribution >= 0.6 is 11.8 Å². The van der Waals surface area contributed by atoms with Crippen LogP contribution in [0.5, 0.6) is 0 Å². The molecule has 0 radical (unpaired) electrons. The van der Waals surface area contributed by atoms with Gasteiger partial charge in [0.25, 0.3) is 0 Å².